The lowest BCUT2D eigenvalue weighted by Crippen LogP contribution is -2.30. The predicted molar refractivity (Wildman–Crippen MR) is 111 cm³/mol. The largest absolute Gasteiger partial charge is 0.507 e. The van der Waals surface area contributed by atoms with E-state index in [0.717, 1.165) is 42.1 Å². The molecular formula is C22H23ClN2O4. The quantitative estimate of drug-likeness (QED) is 0.650. The molecule has 2 aromatic carbocycles. The summed E-state index contributed by atoms with van der Waals surface area (Å²) in [4.78, 5) is 2.33. The van der Waals surface area contributed by atoms with Crippen LogP contribution in [0.5, 0.6) is 17.2 Å². The first kappa shape index (κ1) is 19.6. The van der Waals surface area contributed by atoms with Gasteiger partial charge in [0.05, 0.1) is 23.4 Å². The zero-order chi connectivity index (χ0) is 20.7. The molecule has 6 nitrogen and oxygen atoms in total. The maximum atomic E-state index is 10.3. The fourth-order valence-corrected chi connectivity index (χ4v) is 4.00. The Hall–Kier alpha value is -2.70. The summed E-state index contributed by atoms with van der Waals surface area (Å²) in [5.74, 6) is 1.12. The molecule has 2 N–H and O–H groups in total. The number of methoxy groups -OCH3 is 1. The Morgan fingerprint density at radius 1 is 1.17 bits per heavy atom. The van der Waals surface area contributed by atoms with Crippen molar-refractivity contribution < 1.29 is 19.5 Å². The van der Waals surface area contributed by atoms with Crippen LogP contribution >= 0.6 is 11.6 Å². The van der Waals surface area contributed by atoms with Crippen molar-refractivity contribution in [1.82, 2.24) is 10.1 Å². The van der Waals surface area contributed by atoms with Gasteiger partial charge in [-0.3, -0.25) is 4.90 Å². The highest BCUT2D eigenvalue weighted by Gasteiger charge is 2.27. The Labute approximate surface area is 174 Å². The van der Waals surface area contributed by atoms with Gasteiger partial charge < -0.3 is 19.5 Å². The number of phenols is 2. The number of aromatic hydroxyl groups is 2. The Morgan fingerprint density at radius 3 is 2.72 bits per heavy atom. The number of ether oxygens (including phenoxy) is 1. The van der Waals surface area contributed by atoms with Crippen LogP contribution < -0.4 is 4.74 Å². The van der Waals surface area contributed by atoms with Crippen LogP contribution in [0, 0.1) is 13.8 Å². The molecule has 3 aromatic rings. The third-order valence-electron chi connectivity index (χ3n) is 5.69. The second-order valence-corrected chi connectivity index (χ2v) is 7.80. The fourth-order valence-electron chi connectivity index (χ4n) is 3.83. The van der Waals surface area contributed by atoms with Gasteiger partial charge in [0.1, 0.15) is 17.2 Å². The Morgan fingerprint density at radius 2 is 1.97 bits per heavy atom. The maximum absolute atomic E-state index is 10.3. The van der Waals surface area contributed by atoms with Gasteiger partial charge in [0.15, 0.2) is 5.76 Å². The number of aromatic nitrogens is 1. The number of fused-ring (bicyclic) bond motifs is 1. The normalized spacial score (nSPS) is 14.1. The smallest absolute Gasteiger partial charge is 0.175 e. The van der Waals surface area contributed by atoms with Crippen molar-refractivity contribution >= 4 is 11.6 Å². The number of hydrogen-bond donors (Lipinski definition) is 2. The van der Waals surface area contributed by atoms with Crippen molar-refractivity contribution in [3.63, 3.8) is 0 Å². The summed E-state index contributed by atoms with van der Waals surface area (Å²) in [7, 11) is 1.69. The van der Waals surface area contributed by atoms with E-state index in [1.807, 2.05) is 6.07 Å². The monoisotopic (exact) mass is 414 g/mol. The van der Waals surface area contributed by atoms with Gasteiger partial charge >= 0.3 is 0 Å². The number of nitrogens with zero attached hydrogens (tertiary/aromatic N) is 2. The number of rotatable bonds is 4. The van der Waals surface area contributed by atoms with Crippen molar-refractivity contribution in [3.05, 3.63) is 57.2 Å². The van der Waals surface area contributed by atoms with Crippen LogP contribution in [-0.4, -0.2) is 33.9 Å². The summed E-state index contributed by atoms with van der Waals surface area (Å²) in [6, 6.07) is 6.84. The SMILES string of the molecule is COc1ccc(CN2CCc3noc(-c4cc(Cl)c(O)cc4O)c3C2)c(C)c1C. The Balaban J connectivity index is 1.62. The van der Waals surface area contributed by atoms with Crippen molar-refractivity contribution in [3.8, 4) is 28.6 Å². The molecular weight excluding hydrogens is 392 g/mol. The fraction of sp³-hybridized carbons (Fsp3) is 0.318. The molecule has 0 unspecified atom stereocenters. The third-order valence-corrected chi connectivity index (χ3v) is 5.99. The Kier molecular flexibility index (Phi) is 5.15. The number of phenolic OH excluding ortho intramolecular Hbond substituents is 2. The van der Waals surface area contributed by atoms with Crippen LogP contribution in [0.3, 0.4) is 0 Å². The molecule has 0 amide bonds. The summed E-state index contributed by atoms with van der Waals surface area (Å²) >= 11 is 6.03. The highest BCUT2D eigenvalue weighted by molar-refractivity contribution is 6.32. The van der Waals surface area contributed by atoms with Crippen molar-refractivity contribution in [2.45, 2.75) is 33.4 Å². The lowest BCUT2D eigenvalue weighted by Gasteiger charge is -2.27. The predicted octanol–water partition coefficient (Wildman–Crippen LogP) is 4.59. The van der Waals surface area contributed by atoms with Crippen LogP contribution in [0.25, 0.3) is 11.3 Å². The van der Waals surface area contributed by atoms with Crippen molar-refractivity contribution in [1.29, 1.82) is 0 Å². The van der Waals surface area contributed by atoms with E-state index in [1.54, 1.807) is 7.11 Å². The zero-order valence-electron chi connectivity index (χ0n) is 16.6. The van der Waals surface area contributed by atoms with E-state index in [0.29, 0.717) is 17.9 Å². The molecule has 0 bridgehead atoms. The van der Waals surface area contributed by atoms with Crippen LogP contribution in [-0.2, 0) is 19.5 Å². The van der Waals surface area contributed by atoms with E-state index < -0.39 is 0 Å². The second kappa shape index (κ2) is 7.61. The molecule has 152 valence electrons. The average molecular weight is 415 g/mol. The van der Waals surface area contributed by atoms with Crippen molar-refractivity contribution in [2.75, 3.05) is 13.7 Å². The molecule has 0 saturated heterocycles. The minimum absolute atomic E-state index is 0.0930. The standard InChI is InChI=1S/C22H23ClN2O4/c1-12-13(2)21(28-3)5-4-14(12)10-25-7-6-18-16(11-25)22(29-24-18)15-8-17(23)20(27)9-19(15)26/h4-5,8-9,26-27H,6-7,10-11H2,1-3H3. The van der Waals surface area contributed by atoms with Gasteiger partial charge in [-0.15, -0.1) is 0 Å². The van der Waals surface area contributed by atoms with E-state index in [9.17, 15) is 10.2 Å². The minimum Gasteiger partial charge on any atom is -0.507 e. The molecule has 1 aromatic heterocycles. The van der Waals surface area contributed by atoms with Gasteiger partial charge in [0.2, 0.25) is 0 Å². The number of benzene rings is 2. The van der Waals surface area contributed by atoms with Gasteiger partial charge in [-0.05, 0) is 42.7 Å². The van der Waals surface area contributed by atoms with Crippen molar-refractivity contribution in [2.24, 2.45) is 0 Å². The van der Waals surface area contributed by atoms with Gasteiger partial charge in [-0.1, -0.05) is 22.8 Å². The molecule has 0 aliphatic carbocycles. The van der Waals surface area contributed by atoms with Crippen LogP contribution in [0.4, 0.5) is 0 Å². The molecule has 2 heterocycles. The zero-order valence-corrected chi connectivity index (χ0v) is 17.4. The number of halogens is 1. The van der Waals surface area contributed by atoms with Crippen LogP contribution in [0.2, 0.25) is 5.02 Å². The van der Waals surface area contributed by atoms with E-state index >= 15 is 0 Å². The maximum Gasteiger partial charge on any atom is 0.175 e. The van der Waals surface area contributed by atoms with Crippen LogP contribution in [0.15, 0.2) is 28.8 Å². The summed E-state index contributed by atoms with van der Waals surface area (Å²) in [5.41, 5.74) is 5.89. The molecule has 0 fully saturated rings. The van der Waals surface area contributed by atoms with E-state index in [-0.39, 0.29) is 16.5 Å². The summed E-state index contributed by atoms with van der Waals surface area (Å²) in [5, 5.41) is 24.3. The summed E-state index contributed by atoms with van der Waals surface area (Å²) in [6.07, 6.45) is 0.763. The average Bonchev–Trinajstić information content (AvgIpc) is 3.11. The van der Waals surface area contributed by atoms with Gasteiger partial charge in [0.25, 0.3) is 0 Å². The highest BCUT2D eigenvalue weighted by Crippen LogP contribution is 2.40. The molecule has 0 saturated carbocycles. The highest BCUT2D eigenvalue weighted by atomic mass is 35.5. The summed E-state index contributed by atoms with van der Waals surface area (Å²) < 4.78 is 11.0. The molecule has 29 heavy (non-hydrogen) atoms. The Bertz CT molecular complexity index is 1080. The molecule has 1 aliphatic rings. The van der Waals surface area contributed by atoms with E-state index in [1.165, 1.54) is 23.3 Å². The van der Waals surface area contributed by atoms with Crippen LogP contribution in [0.1, 0.15) is 27.9 Å². The molecule has 7 heteroatoms. The van der Waals surface area contributed by atoms with Gasteiger partial charge in [-0.25, -0.2) is 0 Å². The lowest BCUT2D eigenvalue weighted by atomic mass is 9.98. The van der Waals surface area contributed by atoms with E-state index in [2.05, 4.69) is 30.0 Å². The molecule has 0 radical (unpaired) electrons. The van der Waals surface area contributed by atoms with Gasteiger partial charge in [0, 0.05) is 37.7 Å². The first-order chi connectivity index (χ1) is 13.9. The lowest BCUT2D eigenvalue weighted by molar-refractivity contribution is 0.244. The van der Waals surface area contributed by atoms with Gasteiger partial charge in [-0.2, -0.15) is 0 Å². The third kappa shape index (κ3) is 3.54. The summed E-state index contributed by atoms with van der Waals surface area (Å²) in [6.45, 7) is 6.50. The minimum atomic E-state index is -0.173. The number of hydrogen-bond acceptors (Lipinski definition) is 6. The second-order valence-electron chi connectivity index (χ2n) is 7.40. The molecule has 0 atom stereocenters. The molecule has 1 aliphatic heterocycles. The topological polar surface area (TPSA) is 79.0 Å². The van der Waals surface area contributed by atoms with E-state index in [4.69, 9.17) is 20.9 Å². The molecule has 0 spiro atoms. The molecule has 4 rings (SSSR count). The first-order valence-electron chi connectivity index (χ1n) is 9.43. The first-order valence-corrected chi connectivity index (χ1v) is 9.81.